The quantitative estimate of drug-likeness (QED) is 0.180. The molecule has 11 rings (SSSR count). The topological polar surface area (TPSA) is 54.5 Å². The van der Waals surface area contributed by atoms with E-state index in [9.17, 15) is 0 Å². The van der Waals surface area contributed by atoms with E-state index in [0.29, 0.717) is 0 Å². The molecule has 6 aromatic carbocycles. The van der Waals surface area contributed by atoms with Crippen molar-refractivity contribution >= 4 is 55.3 Å². The van der Waals surface area contributed by atoms with Crippen LogP contribution < -0.4 is 10.6 Å². The molecule has 0 fully saturated rings. The molecule has 0 spiro atoms. The summed E-state index contributed by atoms with van der Waals surface area (Å²) in [5, 5.41) is 12.6. The minimum atomic E-state index is -0.170. The summed E-state index contributed by atoms with van der Waals surface area (Å²) < 4.78 is 9.02. The maximum atomic E-state index is 6.55. The molecule has 0 saturated carbocycles. The predicted molar refractivity (Wildman–Crippen MR) is 232 cm³/mol. The first-order valence-corrected chi connectivity index (χ1v) is 19.7. The molecule has 2 N–H and O–H groups in total. The highest BCUT2D eigenvalue weighted by Crippen LogP contribution is 2.39. The third-order valence-corrected chi connectivity index (χ3v) is 11.7. The number of para-hydroxylation sites is 1. The molecule has 3 atom stereocenters. The fourth-order valence-corrected chi connectivity index (χ4v) is 8.96. The summed E-state index contributed by atoms with van der Waals surface area (Å²) in [7, 11) is 0. The predicted octanol–water partition coefficient (Wildman–Crippen LogP) is 12.0. The molecule has 5 heteroatoms. The molecule has 2 aliphatic carbocycles. The van der Waals surface area contributed by atoms with E-state index < -0.39 is 0 Å². The van der Waals surface area contributed by atoms with Crippen molar-refractivity contribution in [2.75, 3.05) is 0 Å². The number of aliphatic imine (C=N–C) groups is 1. The minimum absolute atomic E-state index is 0.0579. The molecule has 5 nitrogen and oxygen atoms in total. The number of rotatable bonds is 6. The van der Waals surface area contributed by atoms with E-state index in [0.717, 1.165) is 52.6 Å². The van der Waals surface area contributed by atoms with Crippen LogP contribution in [0.3, 0.4) is 0 Å². The second-order valence-electron chi connectivity index (χ2n) is 15.1. The van der Waals surface area contributed by atoms with Gasteiger partial charge in [0.1, 0.15) is 23.2 Å². The van der Waals surface area contributed by atoms with Gasteiger partial charge in [0, 0.05) is 38.7 Å². The summed E-state index contributed by atoms with van der Waals surface area (Å²) in [6.07, 6.45) is 16.4. The fraction of sp³-hybridized carbons (Fsp3) is 0.118. The third kappa shape index (κ3) is 5.62. The summed E-state index contributed by atoms with van der Waals surface area (Å²) in [5.74, 6) is 1.04. The van der Waals surface area contributed by atoms with Crippen LogP contribution in [0.2, 0.25) is 0 Å². The highest BCUT2D eigenvalue weighted by Gasteiger charge is 2.32. The molecular formula is C51H40N4O. The Hall–Kier alpha value is -6.69. The van der Waals surface area contributed by atoms with Crippen LogP contribution in [0.4, 0.5) is 0 Å². The van der Waals surface area contributed by atoms with E-state index in [2.05, 4.69) is 191 Å². The van der Waals surface area contributed by atoms with Gasteiger partial charge in [0.15, 0.2) is 0 Å². The molecule has 8 aromatic rings. The standard InChI is InChI=1S/C51H40N4O/c1-4-14-33(15-5-1)36-27-29-45-43(31-36)41-22-10-11-24-44(41)55(45)39-21-12-20-37(30-39)50-52-49(35-18-8-3-9-19-35)53-51(54-50)38-26-28-42-47(32-38)56-46-25-13-23-40(48(42)46)34-16-6-2-7-17-34/h1-2,4-8,10-29,31-32,37,49-50,52H,3,9,30H2,(H,53,54). The number of nitrogens with one attached hydrogen (secondary N) is 2. The number of allylic oxidation sites excluding steroid dienone is 5. The number of aromatic nitrogens is 1. The van der Waals surface area contributed by atoms with E-state index in [1.807, 2.05) is 0 Å². The molecule has 3 heterocycles. The van der Waals surface area contributed by atoms with E-state index in [-0.39, 0.29) is 18.2 Å². The van der Waals surface area contributed by atoms with Crippen LogP contribution in [0.15, 0.2) is 191 Å². The van der Waals surface area contributed by atoms with Crippen LogP contribution in [0.5, 0.6) is 0 Å². The number of nitrogens with zero attached hydrogens (tertiary/aromatic N) is 2. The number of hydrogen-bond donors (Lipinski definition) is 2. The van der Waals surface area contributed by atoms with Crippen molar-refractivity contribution in [3.63, 3.8) is 0 Å². The van der Waals surface area contributed by atoms with Crippen molar-refractivity contribution in [1.29, 1.82) is 0 Å². The molecule has 56 heavy (non-hydrogen) atoms. The molecule has 0 amide bonds. The molecule has 0 radical (unpaired) electrons. The van der Waals surface area contributed by atoms with Gasteiger partial charge in [-0.05, 0) is 89.6 Å². The van der Waals surface area contributed by atoms with E-state index in [1.54, 1.807) is 0 Å². The molecule has 0 saturated heterocycles. The highest BCUT2D eigenvalue weighted by atomic mass is 16.3. The first-order chi connectivity index (χ1) is 27.7. The number of hydrogen-bond acceptors (Lipinski definition) is 4. The number of amidine groups is 1. The van der Waals surface area contributed by atoms with Gasteiger partial charge in [0.05, 0.1) is 17.2 Å². The van der Waals surface area contributed by atoms with Crippen molar-refractivity contribution in [3.05, 3.63) is 187 Å². The van der Waals surface area contributed by atoms with Gasteiger partial charge >= 0.3 is 0 Å². The van der Waals surface area contributed by atoms with Gasteiger partial charge < -0.3 is 14.3 Å². The van der Waals surface area contributed by atoms with E-state index in [1.165, 1.54) is 55.3 Å². The normalized spacial score (nSPS) is 19.6. The lowest BCUT2D eigenvalue weighted by atomic mass is 9.92. The molecule has 0 bridgehead atoms. The van der Waals surface area contributed by atoms with Crippen molar-refractivity contribution in [2.45, 2.75) is 31.6 Å². The number of furan rings is 1. The summed E-state index contributed by atoms with van der Waals surface area (Å²) in [5.41, 5.74) is 12.5. The summed E-state index contributed by atoms with van der Waals surface area (Å²) in [6.45, 7) is 0. The highest BCUT2D eigenvalue weighted by molar-refractivity contribution is 6.14. The van der Waals surface area contributed by atoms with E-state index in [4.69, 9.17) is 9.41 Å². The number of fused-ring (bicyclic) bond motifs is 6. The Bertz CT molecular complexity index is 2960. The maximum Gasteiger partial charge on any atom is 0.136 e. The third-order valence-electron chi connectivity index (χ3n) is 11.7. The Morgan fingerprint density at radius 2 is 1.45 bits per heavy atom. The summed E-state index contributed by atoms with van der Waals surface area (Å²) in [6, 6.07) is 49.8. The zero-order chi connectivity index (χ0) is 37.0. The van der Waals surface area contributed by atoms with Crippen LogP contribution in [-0.4, -0.2) is 22.7 Å². The zero-order valence-corrected chi connectivity index (χ0v) is 30.9. The molecular weight excluding hydrogens is 685 g/mol. The maximum absolute atomic E-state index is 6.55. The van der Waals surface area contributed by atoms with Crippen LogP contribution in [0.1, 0.15) is 24.8 Å². The molecule has 2 aromatic heterocycles. The van der Waals surface area contributed by atoms with Crippen molar-refractivity contribution in [3.8, 4) is 22.3 Å². The molecule has 270 valence electrons. The smallest absolute Gasteiger partial charge is 0.136 e. The van der Waals surface area contributed by atoms with Gasteiger partial charge in [0.25, 0.3) is 0 Å². The van der Waals surface area contributed by atoms with Crippen LogP contribution >= 0.6 is 0 Å². The lowest BCUT2D eigenvalue weighted by molar-refractivity contribution is 0.345. The Balaban J connectivity index is 0.950. The second kappa shape index (κ2) is 13.6. The average Bonchev–Trinajstić information content (AvgIpc) is 3.82. The summed E-state index contributed by atoms with van der Waals surface area (Å²) >= 11 is 0. The van der Waals surface area contributed by atoms with Crippen molar-refractivity contribution in [2.24, 2.45) is 10.9 Å². The lowest BCUT2D eigenvalue weighted by Gasteiger charge is -2.37. The Labute approximate surface area is 325 Å². The van der Waals surface area contributed by atoms with Gasteiger partial charge in [-0.25, -0.2) is 4.99 Å². The van der Waals surface area contributed by atoms with Crippen LogP contribution in [0, 0.1) is 5.92 Å². The van der Waals surface area contributed by atoms with Gasteiger partial charge in [-0.3, -0.25) is 5.32 Å². The Kier molecular flexibility index (Phi) is 7.92. The van der Waals surface area contributed by atoms with Gasteiger partial charge in [-0.15, -0.1) is 0 Å². The largest absolute Gasteiger partial charge is 0.456 e. The van der Waals surface area contributed by atoms with E-state index >= 15 is 0 Å². The first-order valence-electron chi connectivity index (χ1n) is 19.7. The summed E-state index contributed by atoms with van der Waals surface area (Å²) in [4.78, 5) is 5.32. The molecule has 3 unspecified atom stereocenters. The first kappa shape index (κ1) is 32.7. The van der Waals surface area contributed by atoms with Crippen molar-refractivity contribution in [1.82, 2.24) is 15.2 Å². The second-order valence-corrected chi connectivity index (χ2v) is 15.1. The zero-order valence-electron chi connectivity index (χ0n) is 30.9. The molecule has 3 aliphatic rings. The van der Waals surface area contributed by atoms with Gasteiger partial charge in [-0.1, -0.05) is 134 Å². The average molecular weight is 725 g/mol. The Morgan fingerprint density at radius 3 is 2.30 bits per heavy atom. The monoisotopic (exact) mass is 724 g/mol. The van der Waals surface area contributed by atoms with Gasteiger partial charge in [-0.2, -0.15) is 0 Å². The minimum Gasteiger partial charge on any atom is -0.456 e. The van der Waals surface area contributed by atoms with Gasteiger partial charge in [0.2, 0.25) is 0 Å². The fourth-order valence-electron chi connectivity index (χ4n) is 8.96. The van der Waals surface area contributed by atoms with Crippen LogP contribution in [-0.2, 0) is 0 Å². The number of benzene rings is 6. The van der Waals surface area contributed by atoms with Crippen molar-refractivity contribution < 1.29 is 4.42 Å². The Morgan fingerprint density at radius 1 is 0.643 bits per heavy atom. The SMILES string of the molecule is C1=CC(C2NC(c3ccc4c(c3)oc3cccc(-c5ccccc5)c34)=NC(C3=CCCC=C3)N2)CC(n2c3ccccc3c3cc(-c4ccccc4)ccc32)=C1. The lowest BCUT2D eigenvalue weighted by Crippen LogP contribution is -2.58. The van der Waals surface area contributed by atoms with Crippen LogP contribution in [0.25, 0.3) is 71.7 Å². The molecule has 1 aliphatic heterocycles.